The van der Waals surface area contributed by atoms with E-state index in [4.69, 9.17) is 4.74 Å². The molecule has 0 radical (unpaired) electrons. The quantitative estimate of drug-likeness (QED) is 0.389. The minimum Gasteiger partial charge on any atom is -0.383 e. The highest BCUT2D eigenvalue weighted by Gasteiger charge is 2.12. The largest absolute Gasteiger partial charge is 0.383 e. The van der Waals surface area contributed by atoms with Crippen molar-refractivity contribution in [2.75, 3.05) is 20.3 Å². The number of para-hydroxylation sites is 1. The molecule has 0 unspecified atom stereocenters. The Morgan fingerprint density at radius 2 is 2.11 bits per heavy atom. The summed E-state index contributed by atoms with van der Waals surface area (Å²) in [5.41, 5.74) is 2.54. The highest BCUT2D eigenvalue weighted by Crippen LogP contribution is 2.24. The van der Waals surface area contributed by atoms with Crippen LogP contribution in [-0.4, -0.2) is 30.7 Å². The molecule has 5 nitrogen and oxygen atoms in total. The van der Waals surface area contributed by atoms with Gasteiger partial charge in [-0.1, -0.05) is 30.3 Å². The lowest BCUT2D eigenvalue weighted by molar-refractivity contribution is -0.117. The number of hydrogen-bond donors (Lipinski definition) is 1. The molecule has 3 aromatic rings. The van der Waals surface area contributed by atoms with Gasteiger partial charge in [0.25, 0.3) is 5.91 Å². The Kier molecular flexibility index (Phi) is 6.20. The van der Waals surface area contributed by atoms with Crippen molar-refractivity contribution in [3.05, 3.63) is 77.2 Å². The van der Waals surface area contributed by atoms with E-state index >= 15 is 0 Å². The number of methoxy groups -OCH3 is 1. The molecule has 1 N–H and O–H groups in total. The number of benzene rings is 2. The number of nitriles is 1. The molecule has 0 saturated carbocycles. The van der Waals surface area contributed by atoms with Crippen LogP contribution >= 0.6 is 0 Å². The Morgan fingerprint density at radius 1 is 1.29 bits per heavy atom. The zero-order valence-corrected chi connectivity index (χ0v) is 15.5. The number of carbonyl (C=O) groups excluding carboxylic acids is 1. The van der Waals surface area contributed by atoms with Crippen LogP contribution in [0.2, 0.25) is 0 Å². The fourth-order valence-corrected chi connectivity index (χ4v) is 3.02. The van der Waals surface area contributed by atoms with Crippen molar-refractivity contribution in [2.24, 2.45) is 0 Å². The maximum absolute atomic E-state index is 13.5. The van der Waals surface area contributed by atoms with E-state index < -0.39 is 5.91 Å². The minimum absolute atomic E-state index is 0.0183. The van der Waals surface area contributed by atoms with Gasteiger partial charge in [-0.3, -0.25) is 4.79 Å². The summed E-state index contributed by atoms with van der Waals surface area (Å²) in [6.45, 7) is 1.18. The van der Waals surface area contributed by atoms with Crippen molar-refractivity contribution in [3.8, 4) is 6.07 Å². The predicted molar refractivity (Wildman–Crippen MR) is 106 cm³/mol. The van der Waals surface area contributed by atoms with Crippen LogP contribution in [0.15, 0.2) is 60.3 Å². The van der Waals surface area contributed by atoms with Gasteiger partial charge in [-0.15, -0.1) is 0 Å². The van der Waals surface area contributed by atoms with Gasteiger partial charge in [0.15, 0.2) is 0 Å². The molecule has 0 aliphatic carbocycles. The minimum atomic E-state index is -0.443. The first-order valence-electron chi connectivity index (χ1n) is 8.83. The molecule has 1 aromatic heterocycles. The number of nitrogens with zero attached hydrogens (tertiary/aromatic N) is 2. The molecule has 0 atom stereocenters. The van der Waals surface area contributed by atoms with Crippen LogP contribution in [0.25, 0.3) is 17.0 Å². The fraction of sp³-hybridized carbons (Fsp3) is 0.182. The SMILES string of the molecule is COCCNC(=O)/C(C#N)=C\c1cn(Cc2cccc(F)c2)c2ccccc12. The Bertz CT molecular complexity index is 1060. The predicted octanol–water partition coefficient (Wildman–Crippen LogP) is 3.50. The van der Waals surface area contributed by atoms with E-state index in [1.807, 2.05) is 47.2 Å². The molecule has 0 bridgehead atoms. The van der Waals surface area contributed by atoms with Crippen molar-refractivity contribution in [1.82, 2.24) is 9.88 Å². The Morgan fingerprint density at radius 3 is 2.86 bits per heavy atom. The van der Waals surface area contributed by atoms with E-state index in [0.717, 1.165) is 22.0 Å². The maximum Gasteiger partial charge on any atom is 0.262 e. The van der Waals surface area contributed by atoms with Crippen molar-refractivity contribution in [2.45, 2.75) is 6.54 Å². The van der Waals surface area contributed by atoms with Crippen LogP contribution in [0.5, 0.6) is 0 Å². The molecular formula is C22H20FN3O2. The zero-order chi connectivity index (χ0) is 19.9. The van der Waals surface area contributed by atoms with Crippen LogP contribution in [0, 0.1) is 17.1 Å². The summed E-state index contributed by atoms with van der Waals surface area (Å²) in [6.07, 6.45) is 3.45. The molecule has 28 heavy (non-hydrogen) atoms. The molecule has 0 spiro atoms. The third-order valence-electron chi connectivity index (χ3n) is 4.32. The van der Waals surface area contributed by atoms with Crippen LogP contribution in [0.3, 0.4) is 0 Å². The number of halogens is 1. The van der Waals surface area contributed by atoms with E-state index in [0.29, 0.717) is 19.7 Å². The van der Waals surface area contributed by atoms with E-state index in [2.05, 4.69) is 5.32 Å². The third-order valence-corrected chi connectivity index (χ3v) is 4.32. The Labute approximate surface area is 162 Å². The second-order valence-electron chi connectivity index (χ2n) is 6.28. The molecule has 3 rings (SSSR count). The summed E-state index contributed by atoms with van der Waals surface area (Å²) in [7, 11) is 1.54. The van der Waals surface area contributed by atoms with Crippen LogP contribution in [0.1, 0.15) is 11.1 Å². The molecule has 1 heterocycles. The summed E-state index contributed by atoms with van der Waals surface area (Å²) in [6, 6.07) is 16.1. The molecule has 0 saturated heterocycles. The first-order valence-corrected chi connectivity index (χ1v) is 8.83. The summed E-state index contributed by atoms with van der Waals surface area (Å²) in [5, 5.41) is 13.0. The summed E-state index contributed by atoms with van der Waals surface area (Å²) in [5.74, 6) is -0.727. The van der Waals surface area contributed by atoms with Crippen molar-refractivity contribution >= 4 is 22.9 Å². The number of nitrogens with one attached hydrogen (secondary N) is 1. The van der Waals surface area contributed by atoms with Crippen molar-refractivity contribution in [1.29, 1.82) is 5.26 Å². The number of aromatic nitrogens is 1. The van der Waals surface area contributed by atoms with Gasteiger partial charge in [0.05, 0.1) is 6.61 Å². The Balaban J connectivity index is 1.95. The van der Waals surface area contributed by atoms with Gasteiger partial charge < -0.3 is 14.6 Å². The Hall–Kier alpha value is -3.43. The normalized spacial score (nSPS) is 11.4. The van der Waals surface area contributed by atoms with Crippen LogP contribution < -0.4 is 5.32 Å². The van der Waals surface area contributed by atoms with Gasteiger partial charge in [-0.05, 0) is 29.8 Å². The lowest BCUT2D eigenvalue weighted by atomic mass is 10.1. The van der Waals surface area contributed by atoms with E-state index in [1.165, 1.54) is 12.1 Å². The number of hydrogen-bond acceptors (Lipinski definition) is 3. The maximum atomic E-state index is 13.5. The molecule has 0 fully saturated rings. The standard InChI is InChI=1S/C22H20FN3O2/c1-28-10-9-25-22(27)17(13-24)12-18-15-26(21-8-3-2-7-20(18)21)14-16-5-4-6-19(23)11-16/h2-8,11-12,15H,9-10,14H2,1H3,(H,25,27)/b17-12-. The van der Waals surface area contributed by atoms with Crippen LogP contribution in [0.4, 0.5) is 4.39 Å². The van der Waals surface area contributed by atoms with Gasteiger partial charge in [0.2, 0.25) is 0 Å². The highest BCUT2D eigenvalue weighted by molar-refractivity contribution is 6.04. The molecule has 2 aromatic carbocycles. The third kappa shape index (κ3) is 4.45. The summed E-state index contributed by atoms with van der Waals surface area (Å²) in [4.78, 5) is 12.2. The fourth-order valence-electron chi connectivity index (χ4n) is 3.02. The van der Waals surface area contributed by atoms with Crippen molar-refractivity contribution in [3.63, 3.8) is 0 Å². The average molecular weight is 377 g/mol. The number of carbonyl (C=O) groups is 1. The smallest absolute Gasteiger partial charge is 0.262 e. The summed E-state index contributed by atoms with van der Waals surface area (Å²) >= 11 is 0. The lowest BCUT2D eigenvalue weighted by Crippen LogP contribution is -2.27. The molecule has 6 heteroatoms. The van der Waals surface area contributed by atoms with Crippen LogP contribution in [-0.2, 0) is 16.1 Å². The molecular weight excluding hydrogens is 357 g/mol. The van der Waals surface area contributed by atoms with Gasteiger partial charge in [0.1, 0.15) is 17.5 Å². The van der Waals surface area contributed by atoms with E-state index in [9.17, 15) is 14.4 Å². The molecule has 142 valence electrons. The topological polar surface area (TPSA) is 67.0 Å². The zero-order valence-electron chi connectivity index (χ0n) is 15.5. The van der Waals surface area contributed by atoms with Gasteiger partial charge >= 0.3 is 0 Å². The number of amides is 1. The van der Waals surface area contributed by atoms with E-state index in [1.54, 1.807) is 19.3 Å². The number of ether oxygens (including phenoxy) is 1. The highest BCUT2D eigenvalue weighted by atomic mass is 19.1. The van der Waals surface area contributed by atoms with Crippen molar-refractivity contribution < 1.29 is 13.9 Å². The first-order chi connectivity index (χ1) is 13.6. The second-order valence-corrected chi connectivity index (χ2v) is 6.28. The monoisotopic (exact) mass is 377 g/mol. The van der Waals surface area contributed by atoms with E-state index in [-0.39, 0.29) is 11.4 Å². The van der Waals surface area contributed by atoms with Gasteiger partial charge in [-0.2, -0.15) is 5.26 Å². The number of fused-ring (bicyclic) bond motifs is 1. The molecule has 0 aliphatic rings. The number of rotatable bonds is 7. The average Bonchev–Trinajstić information content (AvgIpc) is 3.03. The first kappa shape index (κ1) is 19.3. The summed E-state index contributed by atoms with van der Waals surface area (Å²) < 4.78 is 20.4. The second kappa shape index (κ2) is 8.98. The molecule has 0 aliphatic heterocycles. The lowest BCUT2D eigenvalue weighted by Gasteiger charge is -2.05. The van der Waals surface area contributed by atoms with Gasteiger partial charge in [0, 0.05) is 42.9 Å². The molecule has 1 amide bonds. The van der Waals surface area contributed by atoms with Gasteiger partial charge in [-0.25, -0.2) is 4.39 Å².